The molecule has 165 valence electrons. The minimum atomic E-state index is 0. The molecule has 0 heterocycles. The molecule has 0 saturated carbocycles. The van der Waals surface area contributed by atoms with E-state index in [4.69, 9.17) is 178 Å². The third-order valence-electron chi connectivity index (χ3n) is 0. The molecule has 0 N–H and O–H groups in total. The first kappa shape index (κ1) is 219. The summed E-state index contributed by atoms with van der Waals surface area (Å²) in [6.07, 6.45) is 0. The van der Waals surface area contributed by atoms with Gasteiger partial charge in [0, 0.05) is 42.1 Å². The smallest absolute Gasteiger partial charge is 0.512 e. The van der Waals surface area contributed by atoms with Gasteiger partial charge in [-0.1, -0.05) is 0 Å². The molecular formula is C15CrMoN15W-12. The molecule has 0 fully saturated rings. The van der Waals surface area contributed by atoms with Crippen LogP contribution in [0.15, 0.2) is 0 Å². The third kappa shape index (κ3) is 469. The van der Waals surface area contributed by atoms with E-state index in [-0.39, 0.29) is 59.5 Å². The Labute approximate surface area is 235 Å². The summed E-state index contributed by atoms with van der Waals surface area (Å²) in [6.45, 7) is 71.2. The standard InChI is InChI=1S/15CN.Cr.Mo.W/c15*1-2;;;/q15*-1;+3;;. The van der Waals surface area contributed by atoms with Gasteiger partial charge in [0.2, 0.25) is 0 Å². The molecule has 0 spiro atoms. The van der Waals surface area contributed by atoms with Crippen molar-refractivity contribution in [2.45, 2.75) is 0 Å². The SMILES string of the molecule is [C-]#N.[C-]#N.[C-]#N.[C-]#N.[C-]#N.[C-]#N.[C-]#N.[C-]#N.[C-]#N.[C-]#N.[C-]#N.[C-]#N.[C-]#N.[C-]#N.[C-]#N.[Cr+3].[Mo].[W]. The van der Waals surface area contributed by atoms with Crippen LogP contribution < -0.4 is 0 Å². The maximum atomic E-state index is 6.25. The predicted octanol–water partition coefficient (Wildman–Crippen LogP) is 1.44. The second-order valence-corrected chi connectivity index (χ2v) is 0. The van der Waals surface area contributed by atoms with E-state index in [1.165, 1.54) is 0 Å². The molecule has 1 radical (unpaired) electrons. The second-order valence-electron chi connectivity index (χ2n) is 0. The van der Waals surface area contributed by atoms with Gasteiger partial charge in [0.15, 0.2) is 0 Å². The van der Waals surface area contributed by atoms with Gasteiger partial charge in [0.05, 0.1) is 0 Å². The summed E-state index contributed by atoms with van der Waals surface area (Å²) in [6, 6.07) is 0. The molecule has 0 rings (SSSR count). The molecule has 0 bridgehead atoms. The topological polar surface area (TPSA) is 357 Å². The van der Waals surface area contributed by atoms with Gasteiger partial charge in [-0.3, -0.25) is 0 Å². The zero-order chi connectivity index (χ0) is 30.0. The van der Waals surface area contributed by atoms with Crippen molar-refractivity contribution in [3.05, 3.63) is 98.6 Å². The summed E-state index contributed by atoms with van der Waals surface area (Å²) in [4.78, 5) is 0. The van der Waals surface area contributed by atoms with Crippen LogP contribution in [-0.2, 0) is 59.5 Å². The van der Waals surface area contributed by atoms with Crippen LogP contribution in [0.4, 0.5) is 0 Å². The van der Waals surface area contributed by atoms with Crippen molar-refractivity contribution >= 4 is 0 Å². The van der Waals surface area contributed by atoms with Crippen LogP contribution in [0.3, 0.4) is 0 Å². The van der Waals surface area contributed by atoms with E-state index < -0.39 is 0 Å². The van der Waals surface area contributed by atoms with Gasteiger partial charge in [-0.15, -0.1) is 0 Å². The Kier molecular flexibility index (Phi) is 3380. The molecule has 18 heteroatoms. The fourth-order valence-electron chi connectivity index (χ4n) is 0. The Hall–Kier alpha value is -5.74. The molecule has 0 amide bonds. The average Bonchev–Trinajstić information content (AvgIpc) is 3.00. The third-order valence-corrected chi connectivity index (χ3v) is 0. The molecule has 0 aliphatic heterocycles. The Bertz CT molecular complexity index is 296. The van der Waals surface area contributed by atoms with Crippen molar-refractivity contribution in [2.24, 2.45) is 0 Å². The van der Waals surface area contributed by atoms with Crippen LogP contribution in [0, 0.1) is 178 Å². The first-order chi connectivity index (χ1) is 15.0. The molecule has 0 atom stereocenters. The second kappa shape index (κ2) is 508. The van der Waals surface area contributed by atoms with E-state index in [0.29, 0.717) is 0 Å². The Morgan fingerprint density at radius 3 is 0.182 bits per heavy atom. The normalized spacial score (nSPS) is 0.909. The maximum Gasteiger partial charge on any atom is 3.00 e. The van der Waals surface area contributed by atoms with Crippen molar-refractivity contribution in [1.82, 2.24) is 0 Å². The summed E-state index contributed by atoms with van der Waals surface area (Å²) in [5.41, 5.74) is 0. The molecular weight excluding hydrogens is 722 g/mol. The van der Waals surface area contributed by atoms with Crippen LogP contribution >= 0.6 is 0 Å². The van der Waals surface area contributed by atoms with E-state index in [1.807, 2.05) is 0 Å². The molecule has 33 heavy (non-hydrogen) atoms. The van der Waals surface area contributed by atoms with E-state index in [1.54, 1.807) is 0 Å². The number of hydrogen-bond acceptors (Lipinski definition) is 15. The van der Waals surface area contributed by atoms with Crippen molar-refractivity contribution in [3.63, 3.8) is 0 Å². The molecule has 0 aliphatic rings. The van der Waals surface area contributed by atoms with Gasteiger partial charge in [-0.2, -0.15) is 0 Å². The van der Waals surface area contributed by atoms with Crippen molar-refractivity contribution in [3.8, 4) is 0 Å². The first-order valence-corrected chi connectivity index (χ1v) is 3.35. The molecule has 0 aromatic rings. The summed E-state index contributed by atoms with van der Waals surface area (Å²) in [7, 11) is 0. The van der Waals surface area contributed by atoms with Crippen LogP contribution in [0.5, 0.6) is 0 Å². The van der Waals surface area contributed by atoms with Gasteiger partial charge in [-0.25, -0.2) is 0 Å². The first-order valence-electron chi connectivity index (χ1n) is 3.35. The summed E-state index contributed by atoms with van der Waals surface area (Å²) in [5.74, 6) is 0. The summed E-state index contributed by atoms with van der Waals surface area (Å²) >= 11 is 0. The monoisotopic (exact) mass is 724 g/mol. The van der Waals surface area contributed by atoms with Crippen molar-refractivity contribution < 1.29 is 59.5 Å². The maximum absolute atomic E-state index is 6.25. The van der Waals surface area contributed by atoms with Gasteiger partial charge in [0.1, 0.15) is 0 Å². The number of hydrogen-bond donors (Lipinski definition) is 0. The zero-order valence-corrected chi connectivity index (χ0v) is 21.6. The predicted molar refractivity (Wildman–Crippen MR) is 74.5 cm³/mol. The average molecular weight is 722 g/mol. The molecule has 0 aromatic heterocycles. The van der Waals surface area contributed by atoms with E-state index >= 15 is 0 Å². The van der Waals surface area contributed by atoms with E-state index in [0.717, 1.165) is 0 Å². The zero-order valence-electron chi connectivity index (χ0n) is 15.4. The van der Waals surface area contributed by atoms with Crippen LogP contribution in [0.25, 0.3) is 0 Å². The van der Waals surface area contributed by atoms with E-state index in [9.17, 15) is 0 Å². The van der Waals surface area contributed by atoms with E-state index in [2.05, 4.69) is 0 Å². The van der Waals surface area contributed by atoms with Crippen LogP contribution in [0.2, 0.25) is 0 Å². The molecule has 0 saturated heterocycles. The molecule has 0 aliphatic carbocycles. The minimum Gasteiger partial charge on any atom is -0.512 e. The quantitative estimate of drug-likeness (QED) is 0.252. The molecule has 15 nitrogen and oxygen atoms in total. The Morgan fingerprint density at radius 2 is 0.182 bits per heavy atom. The van der Waals surface area contributed by atoms with Gasteiger partial charge in [0.25, 0.3) is 0 Å². The Balaban J connectivity index is -0.00000000454. The number of rotatable bonds is 0. The fourth-order valence-corrected chi connectivity index (χ4v) is 0. The molecule has 0 aromatic carbocycles. The molecule has 0 unspecified atom stereocenters. The van der Waals surface area contributed by atoms with Gasteiger partial charge < -0.3 is 178 Å². The summed E-state index contributed by atoms with van der Waals surface area (Å²) in [5, 5.41) is 93.8. The Morgan fingerprint density at radius 1 is 0.182 bits per heavy atom. The van der Waals surface area contributed by atoms with Crippen LogP contribution in [0.1, 0.15) is 0 Å². The van der Waals surface area contributed by atoms with Crippen LogP contribution in [-0.4, -0.2) is 0 Å². The van der Waals surface area contributed by atoms with Gasteiger partial charge in [-0.05, 0) is 0 Å². The minimum absolute atomic E-state index is 0. The van der Waals surface area contributed by atoms with Crippen molar-refractivity contribution in [1.29, 1.82) is 78.9 Å². The number of nitrogens with zero attached hydrogens (tertiary/aromatic N) is 15. The fraction of sp³-hybridized carbons (Fsp3) is 0. The van der Waals surface area contributed by atoms with Gasteiger partial charge >= 0.3 is 17.4 Å². The largest absolute Gasteiger partial charge is 3.00 e. The van der Waals surface area contributed by atoms with Crippen molar-refractivity contribution in [2.75, 3.05) is 0 Å². The summed E-state index contributed by atoms with van der Waals surface area (Å²) < 4.78 is 0.